The molecule has 0 heterocycles. The first-order valence-electron chi connectivity index (χ1n) is 11.9. The summed E-state index contributed by atoms with van der Waals surface area (Å²) in [5, 5.41) is 0. The lowest BCUT2D eigenvalue weighted by molar-refractivity contribution is -0.421. The van der Waals surface area contributed by atoms with Crippen molar-refractivity contribution in [3.05, 3.63) is 0 Å². The van der Waals surface area contributed by atoms with Gasteiger partial charge in [0.15, 0.2) is 0 Å². The molecule has 14 bridgehead atoms. The number of hydrogen-bond donors (Lipinski definition) is 0. The molecule has 0 nitrogen and oxygen atoms in total. The van der Waals surface area contributed by atoms with E-state index >= 15 is 0 Å². The Balaban J connectivity index is 1.47. The van der Waals surface area contributed by atoms with Crippen LogP contribution in [0.3, 0.4) is 0 Å². The monoisotopic (exact) mass is 316 g/mol. The van der Waals surface area contributed by atoms with Crippen molar-refractivity contribution in [2.24, 2.45) is 92.7 Å². The lowest BCUT2D eigenvalue weighted by atomic mass is 9.15. The number of hydrogen-bond acceptors (Lipinski definition) is 0. The highest BCUT2D eigenvalue weighted by molar-refractivity contribution is 5.60. The lowest BCUT2D eigenvalue weighted by Crippen LogP contribution is -2.85. The Morgan fingerprint density at radius 1 is 0.292 bits per heavy atom. The van der Waals surface area contributed by atoms with Crippen LogP contribution in [0, 0.1) is 92.7 Å². The van der Waals surface area contributed by atoms with Gasteiger partial charge in [0, 0.05) is 0 Å². The molecule has 15 saturated carbocycles. The van der Waals surface area contributed by atoms with Gasteiger partial charge in [-0.15, -0.1) is 0 Å². The molecule has 0 aromatic carbocycles. The second-order valence-electron chi connectivity index (χ2n) is 12.9. The largest absolute Gasteiger partial charge is 0.0493 e. The quantitative estimate of drug-likeness (QED) is 0.613. The molecule has 0 N–H and O–H groups in total. The van der Waals surface area contributed by atoms with Crippen LogP contribution in [0.4, 0.5) is 0 Å². The average Bonchev–Trinajstić information content (AvgIpc) is 3.09. The highest BCUT2D eigenvalue weighted by atomic mass is 15.2. The molecule has 0 aromatic heterocycles. The fourth-order valence-corrected chi connectivity index (χ4v) is 17.8. The predicted octanol–water partition coefficient (Wildman–Crippen LogP) is 4.60. The molecular weight excluding hydrogens is 288 g/mol. The Morgan fingerprint density at radius 2 is 0.458 bits per heavy atom. The lowest BCUT2D eigenvalue weighted by Gasteiger charge is -2.88. The Labute approximate surface area is 144 Å². The van der Waals surface area contributed by atoms with Crippen molar-refractivity contribution in [1.82, 2.24) is 0 Å². The summed E-state index contributed by atoms with van der Waals surface area (Å²) in [6, 6.07) is 0. The van der Waals surface area contributed by atoms with Crippen LogP contribution in [0.15, 0.2) is 0 Å². The third-order valence-electron chi connectivity index (χ3n) is 15.2. The van der Waals surface area contributed by atoms with Crippen LogP contribution < -0.4 is 0 Å². The van der Waals surface area contributed by atoms with Crippen LogP contribution in [0.5, 0.6) is 0 Å². The zero-order chi connectivity index (χ0) is 14.6. The number of fused-ring (bicyclic) bond motifs is 3. The van der Waals surface area contributed by atoms with Crippen LogP contribution in [-0.4, -0.2) is 0 Å². The molecule has 0 heteroatoms. The van der Waals surface area contributed by atoms with Gasteiger partial charge in [0.2, 0.25) is 0 Å². The highest BCUT2D eigenvalue weighted by Gasteiger charge is 3.14. The second-order valence-corrected chi connectivity index (χ2v) is 12.9. The zero-order valence-corrected chi connectivity index (χ0v) is 14.6. The van der Waals surface area contributed by atoms with Crippen molar-refractivity contribution >= 4 is 0 Å². The van der Waals surface area contributed by atoms with E-state index in [-0.39, 0.29) is 0 Å². The van der Waals surface area contributed by atoms with Crippen LogP contribution in [0.1, 0.15) is 51.4 Å². The van der Waals surface area contributed by atoms with Crippen LogP contribution in [0.2, 0.25) is 0 Å². The van der Waals surface area contributed by atoms with Crippen LogP contribution in [-0.2, 0) is 0 Å². The SMILES string of the molecule is C1C[C@H]2C3C4[C@@H]1C15[C@H]6CC[C@@H]7C8C6[C@H]6CC[C@@H]8C8([C@@H]3CC[C@@H]4C618)C725. The third kappa shape index (κ3) is 0.468. The standard InChI is InChI=1S/C24H28/c1-2-10-18-13-5-3-11-17(18)9(1)21-12-4-6-14-20-16-8-7-15(19(12)20)23(11,21)24(13,16)22(10,14)21/h9-20H,1-8H2/t9-,10+,11+,12+,13-,14-,15-,16+,17?,18?,19?,20?,21?,22?,23?,24?. The molecule has 4 unspecified atom stereocenters. The fraction of sp³-hybridized carbons (Fsp3) is 1.00. The molecular formula is C24H28. The second kappa shape index (κ2) is 2.41. The van der Waals surface area contributed by atoms with E-state index in [4.69, 9.17) is 0 Å². The summed E-state index contributed by atoms with van der Waals surface area (Å²) in [7, 11) is 0. The minimum atomic E-state index is 0.994. The first-order valence-corrected chi connectivity index (χ1v) is 11.9. The summed E-state index contributed by atoms with van der Waals surface area (Å²) in [5.41, 5.74) is 3.98. The van der Waals surface area contributed by atoms with Gasteiger partial charge in [-0.1, -0.05) is 0 Å². The summed E-state index contributed by atoms with van der Waals surface area (Å²) in [6.07, 6.45) is 13.7. The summed E-state index contributed by atoms with van der Waals surface area (Å²) < 4.78 is 0. The minimum Gasteiger partial charge on any atom is -0.0493 e. The summed E-state index contributed by atoms with van der Waals surface area (Å²) in [5.74, 6) is 15.3. The normalized spacial score (nSPS) is 94.0. The van der Waals surface area contributed by atoms with Gasteiger partial charge in [0.05, 0.1) is 0 Å². The molecule has 0 amide bonds. The third-order valence-corrected chi connectivity index (χ3v) is 15.2. The van der Waals surface area contributed by atoms with Crippen molar-refractivity contribution in [3.63, 3.8) is 0 Å². The molecule has 15 rings (SSSR count). The van der Waals surface area contributed by atoms with Gasteiger partial charge in [-0.25, -0.2) is 0 Å². The van der Waals surface area contributed by atoms with E-state index in [0.717, 1.165) is 21.7 Å². The van der Waals surface area contributed by atoms with Gasteiger partial charge < -0.3 is 0 Å². The van der Waals surface area contributed by atoms with Gasteiger partial charge in [0.25, 0.3) is 0 Å². The first kappa shape index (κ1) is 11.0. The van der Waals surface area contributed by atoms with E-state index in [9.17, 15) is 0 Å². The van der Waals surface area contributed by atoms with Gasteiger partial charge >= 0.3 is 0 Å². The van der Waals surface area contributed by atoms with Crippen molar-refractivity contribution in [2.45, 2.75) is 51.4 Å². The van der Waals surface area contributed by atoms with Crippen molar-refractivity contribution in [2.75, 3.05) is 0 Å². The molecule has 124 valence electrons. The zero-order valence-electron chi connectivity index (χ0n) is 14.6. The summed E-state index contributed by atoms with van der Waals surface area (Å²) in [4.78, 5) is 0. The Morgan fingerprint density at radius 3 is 0.625 bits per heavy atom. The maximum atomic E-state index is 1.71. The van der Waals surface area contributed by atoms with E-state index < -0.39 is 0 Å². The predicted molar refractivity (Wildman–Crippen MR) is 88.5 cm³/mol. The van der Waals surface area contributed by atoms with Crippen molar-refractivity contribution < 1.29 is 0 Å². The molecule has 0 radical (unpaired) electrons. The Kier molecular flexibility index (Phi) is 1.10. The molecule has 0 saturated heterocycles. The van der Waals surface area contributed by atoms with Crippen molar-refractivity contribution in [1.29, 1.82) is 0 Å². The van der Waals surface area contributed by atoms with E-state index in [1.165, 1.54) is 71.0 Å². The molecule has 0 aromatic rings. The van der Waals surface area contributed by atoms with E-state index in [1.54, 1.807) is 51.4 Å². The van der Waals surface area contributed by atoms with Gasteiger partial charge in [0.1, 0.15) is 0 Å². The molecule has 15 aliphatic rings. The highest BCUT2D eigenvalue weighted by Crippen LogP contribution is 3.17. The molecule has 4 spiro atoms. The van der Waals surface area contributed by atoms with Crippen LogP contribution in [0.25, 0.3) is 0 Å². The summed E-state index contributed by atoms with van der Waals surface area (Å²) >= 11 is 0. The minimum absolute atomic E-state index is 0.994. The van der Waals surface area contributed by atoms with E-state index in [1.807, 2.05) is 0 Å². The molecule has 24 heavy (non-hydrogen) atoms. The molecule has 15 fully saturated rings. The van der Waals surface area contributed by atoms with Gasteiger partial charge in [-0.05, 0) is 144 Å². The topological polar surface area (TPSA) is 0 Å². The van der Waals surface area contributed by atoms with Crippen molar-refractivity contribution in [3.8, 4) is 0 Å². The maximum absolute atomic E-state index is 1.71. The number of rotatable bonds is 0. The Hall–Kier alpha value is 0. The fourth-order valence-electron chi connectivity index (χ4n) is 17.8. The van der Waals surface area contributed by atoms with E-state index in [2.05, 4.69) is 0 Å². The smallest absolute Gasteiger partial charge is 0.00998 e. The van der Waals surface area contributed by atoms with E-state index in [0.29, 0.717) is 0 Å². The maximum Gasteiger partial charge on any atom is -0.00998 e. The van der Waals surface area contributed by atoms with Gasteiger partial charge in [-0.3, -0.25) is 0 Å². The molecule has 12 atom stereocenters. The Bertz CT molecular complexity index is 620. The molecule has 0 aliphatic heterocycles. The first-order chi connectivity index (χ1) is 11.9. The average molecular weight is 316 g/mol. The van der Waals surface area contributed by atoms with Crippen LogP contribution >= 0.6 is 0 Å². The van der Waals surface area contributed by atoms with Gasteiger partial charge in [-0.2, -0.15) is 0 Å². The summed E-state index contributed by atoms with van der Waals surface area (Å²) in [6.45, 7) is 0. The molecule has 15 aliphatic carbocycles.